The average Bonchev–Trinajstić information content (AvgIpc) is 3.24. The standard InChI is InChI=1S/C13H12N4O5/c1-22-10-5-4-8(6-9(10)17(20)21)16-12(7-2-3-7)11(13(18)19)14-15-16/h4-7H,2-3H2,1H3,(H,18,19). The molecule has 9 nitrogen and oxygen atoms in total. The molecule has 1 heterocycles. The van der Waals surface area contributed by atoms with Crippen LogP contribution in [0.5, 0.6) is 5.75 Å². The molecule has 0 saturated heterocycles. The van der Waals surface area contributed by atoms with E-state index in [-0.39, 0.29) is 23.0 Å². The van der Waals surface area contributed by atoms with Crippen LogP contribution in [-0.4, -0.2) is 38.1 Å². The molecule has 1 N–H and O–H groups in total. The van der Waals surface area contributed by atoms with Crippen molar-refractivity contribution in [3.05, 3.63) is 39.7 Å². The molecule has 114 valence electrons. The molecule has 9 heteroatoms. The van der Waals surface area contributed by atoms with Gasteiger partial charge in [-0.25, -0.2) is 9.48 Å². The lowest BCUT2D eigenvalue weighted by Crippen LogP contribution is -2.06. The molecule has 1 saturated carbocycles. The Morgan fingerprint density at radius 1 is 1.50 bits per heavy atom. The molecule has 0 aliphatic heterocycles. The van der Waals surface area contributed by atoms with Crippen LogP contribution in [0.2, 0.25) is 0 Å². The van der Waals surface area contributed by atoms with Gasteiger partial charge < -0.3 is 9.84 Å². The fourth-order valence-electron chi connectivity index (χ4n) is 2.31. The Kier molecular flexibility index (Phi) is 3.24. The molecule has 3 rings (SSSR count). The quantitative estimate of drug-likeness (QED) is 0.659. The van der Waals surface area contributed by atoms with Crippen LogP contribution in [0.4, 0.5) is 5.69 Å². The molecule has 1 aliphatic rings. The number of carboxylic acids is 1. The molecule has 1 aliphatic carbocycles. The van der Waals surface area contributed by atoms with Crippen molar-refractivity contribution in [2.24, 2.45) is 0 Å². The molecule has 0 bridgehead atoms. The van der Waals surface area contributed by atoms with Crippen molar-refractivity contribution in [2.75, 3.05) is 7.11 Å². The number of nitro benzene ring substituents is 1. The van der Waals surface area contributed by atoms with Crippen LogP contribution in [0.1, 0.15) is 34.9 Å². The maximum Gasteiger partial charge on any atom is 0.358 e. The first-order valence-corrected chi connectivity index (χ1v) is 6.54. The molecule has 1 aromatic carbocycles. The number of hydrogen-bond donors (Lipinski definition) is 1. The number of hydrogen-bond acceptors (Lipinski definition) is 6. The number of nitro groups is 1. The number of aromatic nitrogens is 3. The zero-order chi connectivity index (χ0) is 15.9. The molecular formula is C13H12N4O5. The van der Waals surface area contributed by atoms with E-state index < -0.39 is 10.9 Å². The Hall–Kier alpha value is -2.97. The Bertz CT molecular complexity index is 766. The number of carbonyl (C=O) groups is 1. The summed E-state index contributed by atoms with van der Waals surface area (Å²) >= 11 is 0. The van der Waals surface area contributed by atoms with Crippen LogP contribution in [0.15, 0.2) is 18.2 Å². The second-order valence-electron chi connectivity index (χ2n) is 4.93. The first-order chi connectivity index (χ1) is 10.5. The lowest BCUT2D eigenvalue weighted by Gasteiger charge is -2.07. The van der Waals surface area contributed by atoms with Crippen molar-refractivity contribution in [1.29, 1.82) is 0 Å². The van der Waals surface area contributed by atoms with E-state index in [1.807, 2.05) is 0 Å². The number of rotatable bonds is 5. The van der Waals surface area contributed by atoms with Gasteiger partial charge in [0.05, 0.1) is 23.4 Å². The smallest absolute Gasteiger partial charge is 0.358 e. The molecule has 0 amide bonds. The van der Waals surface area contributed by atoms with Crippen molar-refractivity contribution in [3.63, 3.8) is 0 Å². The highest BCUT2D eigenvalue weighted by Crippen LogP contribution is 2.42. The first kappa shape index (κ1) is 14.0. The zero-order valence-electron chi connectivity index (χ0n) is 11.6. The minimum Gasteiger partial charge on any atom is -0.490 e. The van der Waals surface area contributed by atoms with Crippen LogP contribution in [-0.2, 0) is 0 Å². The summed E-state index contributed by atoms with van der Waals surface area (Å²) in [5, 5.41) is 27.8. The van der Waals surface area contributed by atoms with Gasteiger partial charge in [0.25, 0.3) is 0 Å². The summed E-state index contributed by atoms with van der Waals surface area (Å²) in [5.41, 5.74) is 0.538. The Morgan fingerprint density at radius 2 is 2.23 bits per heavy atom. The first-order valence-electron chi connectivity index (χ1n) is 6.54. The molecule has 1 fully saturated rings. The van der Waals surface area contributed by atoms with E-state index in [0.717, 1.165) is 12.8 Å². The van der Waals surface area contributed by atoms with Crippen molar-refractivity contribution in [2.45, 2.75) is 18.8 Å². The van der Waals surface area contributed by atoms with E-state index >= 15 is 0 Å². The molecule has 0 unspecified atom stereocenters. The molecule has 0 radical (unpaired) electrons. The highest BCUT2D eigenvalue weighted by Gasteiger charge is 2.34. The van der Waals surface area contributed by atoms with E-state index in [2.05, 4.69) is 10.3 Å². The van der Waals surface area contributed by atoms with Gasteiger partial charge in [0, 0.05) is 12.0 Å². The summed E-state index contributed by atoms with van der Waals surface area (Å²) in [7, 11) is 1.34. The van der Waals surface area contributed by atoms with Crippen LogP contribution in [0.25, 0.3) is 5.69 Å². The summed E-state index contributed by atoms with van der Waals surface area (Å²) in [6.45, 7) is 0. The number of nitrogens with zero attached hydrogens (tertiary/aromatic N) is 4. The highest BCUT2D eigenvalue weighted by molar-refractivity contribution is 5.87. The monoisotopic (exact) mass is 304 g/mol. The maximum atomic E-state index is 11.2. The summed E-state index contributed by atoms with van der Waals surface area (Å²) in [6, 6.07) is 4.33. The molecule has 2 aromatic rings. The minimum atomic E-state index is -1.16. The zero-order valence-corrected chi connectivity index (χ0v) is 11.6. The molecule has 1 aromatic heterocycles. The highest BCUT2D eigenvalue weighted by atomic mass is 16.6. The number of methoxy groups -OCH3 is 1. The predicted molar refractivity (Wildman–Crippen MR) is 73.5 cm³/mol. The normalized spacial score (nSPS) is 13.9. The van der Waals surface area contributed by atoms with E-state index in [1.54, 1.807) is 6.07 Å². The van der Waals surface area contributed by atoms with Gasteiger partial charge in [0.1, 0.15) is 0 Å². The van der Waals surface area contributed by atoms with Gasteiger partial charge in [-0.05, 0) is 25.0 Å². The lowest BCUT2D eigenvalue weighted by molar-refractivity contribution is -0.385. The van der Waals surface area contributed by atoms with Crippen LogP contribution < -0.4 is 4.74 Å². The van der Waals surface area contributed by atoms with Gasteiger partial charge in [-0.3, -0.25) is 10.1 Å². The third kappa shape index (κ3) is 2.26. The predicted octanol–water partition coefficient (Wildman–Crippen LogP) is 1.76. The summed E-state index contributed by atoms with van der Waals surface area (Å²) in [6.07, 6.45) is 1.71. The maximum absolute atomic E-state index is 11.2. The Morgan fingerprint density at radius 3 is 2.77 bits per heavy atom. The van der Waals surface area contributed by atoms with E-state index in [4.69, 9.17) is 4.74 Å². The van der Waals surface area contributed by atoms with Gasteiger partial charge >= 0.3 is 11.7 Å². The second-order valence-corrected chi connectivity index (χ2v) is 4.93. The Labute approximate surface area is 124 Å². The summed E-state index contributed by atoms with van der Waals surface area (Å²) in [4.78, 5) is 21.8. The topological polar surface area (TPSA) is 120 Å². The second kappa shape index (κ2) is 5.10. The molecule has 0 spiro atoms. The summed E-state index contributed by atoms with van der Waals surface area (Å²) < 4.78 is 6.30. The van der Waals surface area contributed by atoms with Gasteiger partial charge in [-0.15, -0.1) is 5.10 Å². The third-order valence-corrected chi connectivity index (χ3v) is 3.48. The average molecular weight is 304 g/mol. The van der Waals surface area contributed by atoms with E-state index in [9.17, 15) is 20.0 Å². The van der Waals surface area contributed by atoms with Gasteiger partial charge in [0.2, 0.25) is 0 Å². The number of ether oxygens (including phenoxy) is 1. The molecular weight excluding hydrogens is 292 g/mol. The minimum absolute atomic E-state index is 0.0715. The van der Waals surface area contributed by atoms with E-state index in [0.29, 0.717) is 11.4 Å². The van der Waals surface area contributed by atoms with Crippen molar-refractivity contribution in [1.82, 2.24) is 15.0 Å². The van der Waals surface area contributed by atoms with Crippen LogP contribution in [0, 0.1) is 10.1 Å². The van der Waals surface area contributed by atoms with Gasteiger partial charge in [0.15, 0.2) is 11.4 Å². The number of benzene rings is 1. The van der Waals surface area contributed by atoms with Crippen molar-refractivity contribution >= 4 is 11.7 Å². The van der Waals surface area contributed by atoms with Gasteiger partial charge in [-0.1, -0.05) is 5.21 Å². The van der Waals surface area contributed by atoms with E-state index in [1.165, 1.54) is 23.9 Å². The summed E-state index contributed by atoms with van der Waals surface area (Å²) in [5.74, 6) is -0.960. The van der Waals surface area contributed by atoms with Gasteiger partial charge in [-0.2, -0.15) is 0 Å². The Balaban J connectivity index is 2.14. The van der Waals surface area contributed by atoms with Crippen LogP contribution >= 0.6 is 0 Å². The lowest BCUT2D eigenvalue weighted by atomic mass is 10.2. The SMILES string of the molecule is COc1ccc(-n2nnc(C(=O)O)c2C2CC2)cc1[N+](=O)[O-]. The van der Waals surface area contributed by atoms with Crippen molar-refractivity contribution in [3.8, 4) is 11.4 Å². The molecule has 22 heavy (non-hydrogen) atoms. The van der Waals surface area contributed by atoms with Crippen LogP contribution in [0.3, 0.4) is 0 Å². The molecule has 0 atom stereocenters. The number of aromatic carboxylic acids is 1. The van der Waals surface area contributed by atoms with Crippen molar-refractivity contribution < 1.29 is 19.6 Å². The number of carboxylic acid groups (broad SMARTS) is 1. The fraction of sp³-hybridized carbons (Fsp3) is 0.308. The largest absolute Gasteiger partial charge is 0.490 e. The fourth-order valence-corrected chi connectivity index (χ4v) is 2.31. The third-order valence-electron chi connectivity index (χ3n) is 3.48.